The van der Waals surface area contributed by atoms with Crippen LogP contribution in [0.15, 0.2) is 60.7 Å². The zero-order valence-electron chi connectivity index (χ0n) is 15.6. The lowest BCUT2D eigenvalue weighted by Gasteiger charge is -2.26. The molecule has 3 aliphatic rings. The van der Waals surface area contributed by atoms with E-state index in [1.165, 1.54) is 5.56 Å². The summed E-state index contributed by atoms with van der Waals surface area (Å²) in [7, 11) is 0. The number of fused-ring (bicyclic) bond motifs is 3. The maximum atomic E-state index is 11.8. The molecule has 1 heterocycles. The summed E-state index contributed by atoms with van der Waals surface area (Å²) in [5.41, 5.74) is 2.32. The Morgan fingerprint density at radius 1 is 0.893 bits per heavy atom. The normalized spacial score (nSPS) is 35.5. The third-order valence-corrected chi connectivity index (χ3v) is 7.06. The molecule has 3 fully saturated rings. The Labute approximate surface area is 167 Å². The molecule has 0 bridgehead atoms. The van der Waals surface area contributed by atoms with Crippen molar-refractivity contribution in [2.45, 2.75) is 31.8 Å². The van der Waals surface area contributed by atoms with Crippen LogP contribution in [0.4, 0.5) is 0 Å². The zero-order valence-corrected chi connectivity index (χ0v) is 16.4. The molecule has 2 aromatic rings. The Kier molecular flexibility index (Phi) is 5.07. The lowest BCUT2D eigenvalue weighted by molar-refractivity contribution is -0.0144. The van der Waals surface area contributed by atoms with Crippen molar-refractivity contribution in [3.05, 3.63) is 71.8 Å². The molecule has 1 unspecified atom stereocenters. The predicted octanol–water partition coefficient (Wildman–Crippen LogP) is 3.42. The fraction of sp³-hybridized carbons (Fsp3) is 0.455. The van der Waals surface area contributed by atoms with E-state index in [2.05, 4.69) is 24.3 Å². The summed E-state index contributed by atoms with van der Waals surface area (Å²) in [6.07, 6.45) is 0.741. The third kappa shape index (κ3) is 3.44. The largest absolute Gasteiger partial charge is 0.376 e. The number of rotatable bonds is 8. The van der Waals surface area contributed by atoms with Crippen LogP contribution in [0.25, 0.3) is 0 Å². The van der Waals surface area contributed by atoms with E-state index in [9.17, 15) is 4.21 Å². The fourth-order valence-corrected chi connectivity index (χ4v) is 5.69. The van der Waals surface area contributed by atoms with Crippen LogP contribution in [0.2, 0.25) is 0 Å². The van der Waals surface area contributed by atoms with Gasteiger partial charge >= 0.3 is 11.4 Å². The van der Waals surface area contributed by atoms with Crippen molar-refractivity contribution in [2.24, 2.45) is 17.3 Å². The molecule has 2 aliphatic carbocycles. The minimum atomic E-state index is -1.64. The van der Waals surface area contributed by atoms with Gasteiger partial charge in [0.25, 0.3) is 0 Å². The standard InChI is InChI=1S/C22H24O5S/c23-28-26-20-18-11-22(18,15-25-13-17-9-5-2-6-10-17)19(21(20)27-28)14-24-12-16-7-3-1-4-8-16/h1-10,18-21H,11-15H2/t18-,19+,20+,21-,22+,28?/m1/s1. The summed E-state index contributed by atoms with van der Waals surface area (Å²) in [6.45, 7) is 2.36. The molecule has 28 heavy (non-hydrogen) atoms. The predicted molar refractivity (Wildman–Crippen MR) is 104 cm³/mol. The first-order valence-electron chi connectivity index (χ1n) is 9.76. The average Bonchev–Trinajstić information content (AvgIpc) is 3.23. The van der Waals surface area contributed by atoms with Crippen LogP contribution in [0.3, 0.4) is 0 Å². The number of ether oxygens (including phenoxy) is 2. The van der Waals surface area contributed by atoms with Crippen molar-refractivity contribution in [2.75, 3.05) is 13.2 Å². The molecule has 2 aromatic carbocycles. The van der Waals surface area contributed by atoms with Crippen LogP contribution in [-0.4, -0.2) is 29.6 Å². The van der Waals surface area contributed by atoms with E-state index < -0.39 is 11.4 Å². The maximum Gasteiger partial charge on any atom is 0.305 e. The van der Waals surface area contributed by atoms with Gasteiger partial charge < -0.3 is 9.47 Å². The zero-order chi connectivity index (χ0) is 19.0. The second-order valence-electron chi connectivity index (χ2n) is 7.96. The highest BCUT2D eigenvalue weighted by atomic mass is 32.2. The van der Waals surface area contributed by atoms with Gasteiger partial charge in [0.2, 0.25) is 0 Å². The van der Waals surface area contributed by atoms with Crippen LogP contribution in [0.1, 0.15) is 17.5 Å². The molecular weight excluding hydrogens is 376 g/mol. The van der Waals surface area contributed by atoms with Crippen LogP contribution >= 0.6 is 0 Å². The monoisotopic (exact) mass is 400 g/mol. The molecule has 0 N–H and O–H groups in total. The Morgan fingerprint density at radius 2 is 1.50 bits per heavy atom. The molecule has 148 valence electrons. The highest BCUT2D eigenvalue weighted by Gasteiger charge is 2.74. The molecule has 0 radical (unpaired) electrons. The molecule has 1 saturated heterocycles. The summed E-state index contributed by atoms with van der Waals surface area (Å²) in [5.74, 6) is 0.471. The second kappa shape index (κ2) is 7.69. The van der Waals surface area contributed by atoms with Gasteiger partial charge in [-0.25, -0.2) is 0 Å². The van der Waals surface area contributed by atoms with Crippen LogP contribution in [0.5, 0.6) is 0 Å². The van der Waals surface area contributed by atoms with E-state index in [0.717, 1.165) is 12.0 Å². The first-order valence-corrected chi connectivity index (χ1v) is 10.8. The molecule has 5 nitrogen and oxygen atoms in total. The summed E-state index contributed by atoms with van der Waals surface area (Å²) in [6, 6.07) is 20.3. The molecule has 5 rings (SSSR count). The lowest BCUT2D eigenvalue weighted by Crippen LogP contribution is -2.34. The first kappa shape index (κ1) is 18.5. The van der Waals surface area contributed by atoms with Gasteiger partial charge in [0.15, 0.2) is 0 Å². The van der Waals surface area contributed by atoms with Crippen molar-refractivity contribution in [3.8, 4) is 0 Å². The van der Waals surface area contributed by atoms with Gasteiger partial charge in [-0.05, 0) is 23.5 Å². The van der Waals surface area contributed by atoms with Crippen LogP contribution < -0.4 is 0 Å². The molecule has 1 aliphatic heterocycles. The summed E-state index contributed by atoms with van der Waals surface area (Å²) >= 11 is -1.64. The first-order chi connectivity index (χ1) is 13.8. The minimum absolute atomic E-state index is 0.00538. The van der Waals surface area contributed by atoms with E-state index in [4.69, 9.17) is 17.8 Å². The van der Waals surface area contributed by atoms with Crippen LogP contribution in [0, 0.1) is 17.3 Å². The van der Waals surface area contributed by atoms with Crippen molar-refractivity contribution >= 4 is 11.4 Å². The molecule has 2 saturated carbocycles. The van der Waals surface area contributed by atoms with Gasteiger partial charge in [0.05, 0.1) is 26.4 Å². The second-order valence-corrected chi connectivity index (χ2v) is 8.75. The Hall–Kier alpha value is -1.57. The maximum absolute atomic E-state index is 11.8. The van der Waals surface area contributed by atoms with E-state index in [0.29, 0.717) is 32.3 Å². The van der Waals surface area contributed by atoms with Gasteiger partial charge in [-0.3, -0.25) is 8.37 Å². The SMILES string of the molecule is O=S1O[C@@H]2[C@H](O1)[C@H](COCc1ccccc1)[C@]1(COCc3ccccc3)C[C@H]21. The van der Waals surface area contributed by atoms with Gasteiger partial charge in [0, 0.05) is 11.3 Å². The molecule has 6 atom stereocenters. The fourth-order valence-electron chi connectivity index (χ4n) is 4.80. The molecular formula is C22H24O5S. The summed E-state index contributed by atoms with van der Waals surface area (Å²) in [5, 5.41) is 0. The van der Waals surface area contributed by atoms with Crippen molar-refractivity contribution in [3.63, 3.8) is 0 Å². The highest BCUT2D eigenvalue weighted by Crippen LogP contribution is 2.69. The van der Waals surface area contributed by atoms with E-state index in [1.807, 2.05) is 36.4 Å². The average molecular weight is 400 g/mol. The number of benzene rings is 2. The molecule has 0 spiro atoms. The Morgan fingerprint density at radius 3 is 2.18 bits per heavy atom. The van der Waals surface area contributed by atoms with Crippen molar-refractivity contribution in [1.29, 1.82) is 0 Å². The highest BCUT2D eigenvalue weighted by molar-refractivity contribution is 7.75. The topological polar surface area (TPSA) is 54.0 Å². The minimum Gasteiger partial charge on any atom is -0.376 e. The molecule has 0 aromatic heterocycles. The molecule has 0 amide bonds. The van der Waals surface area contributed by atoms with Crippen molar-refractivity contribution in [1.82, 2.24) is 0 Å². The van der Waals surface area contributed by atoms with E-state index >= 15 is 0 Å². The number of hydrogen-bond donors (Lipinski definition) is 0. The molecule has 6 heteroatoms. The Balaban J connectivity index is 1.23. The quantitative estimate of drug-likeness (QED) is 0.680. The van der Waals surface area contributed by atoms with E-state index in [-0.39, 0.29) is 23.5 Å². The van der Waals surface area contributed by atoms with Gasteiger partial charge in [0.1, 0.15) is 12.2 Å². The van der Waals surface area contributed by atoms with Crippen LogP contribution in [-0.2, 0) is 42.4 Å². The van der Waals surface area contributed by atoms with E-state index in [1.54, 1.807) is 0 Å². The lowest BCUT2D eigenvalue weighted by atomic mass is 9.89. The summed E-state index contributed by atoms with van der Waals surface area (Å²) in [4.78, 5) is 0. The van der Waals surface area contributed by atoms with Gasteiger partial charge in [-0.2, -0.15) is 4.21 Å². The smallest absolute Gasteiger partial charge is 0.305 e. The van der Waals surface area contributed by atoms with Gasteiger partial charge in [-0.1, -0.05) is 60.7 Å². The van der Waals surface area contributed by atoms with Gasteiger partial charge in [-0.15, -0.1) is 0 Å². The number of hydrogen-bond acceptors (Lipinski definition) is 5. The third-order valence-electron chi connectivity index (χ3n) is 6.30. The van der Waals surface area contributed by atoms with Crippen molar-refractivity contribution < 1.29 is 22.0 Å². The Bertz CT molecular complexity index is 829. The summed E-state index contributed by atoms with van der Waals surface area (Å²) < 4.78 is 35.1.